The summed E-state index contributed by atoms with van der Waals surface area (Å²) in [6.07, 6.45) is 5.34. The Morgan fingerprint density at radius 3 is 2.50 bits per heavy atom. The van der Waals surface area contributed by atoms with E-state index in [0.29, 0.717) is 13.0 Å². The number of thioether (sulfide) groups is 1. The summed E-state index contributed by atoms with van der Waals surface area (Å²) in [7, 11) is -3.10. The Balaban J connectivity index is 1.91. The van der Waals surface area contributed by atoms with Crippen LogP contribution < -0.4 is 0 Å². The number of amides is 1. The first-order chi connectivity index (χ1) is 13.2. The fourth-order valence-electron chi connectivity index (χ4n) is 3.01. The summed E-state index contributed by atoms with van der Waals surface area (Å²) in [6.45, 7) is 3.97. The summed E-state index contributed by atoms with van der Waals surface area (Å²) >= 11 is 1.63. The quantitative estimate of drug-likeness (QED) is 0.362. The first-order valence-electron chi connectivity index (χ1n) is 9.19. The third kappa shape index (κ3) is 6.98. The number of hydrogen-bond donors (Lipinski definition) is 0. The molecule has 1 heterocycles. The number of sulfone groups is 1. The summed E-state index contributed by atoms with van der Waals surface area (Å²) in [5.41, 5.74) is 0.860. The van der Waals surface area contributed by atoms with Crippen LogP contribution in [0, 0.1) is 5.92 Å². The molecule has 1 aromatic carbocycles. The molecule has 0 saturated carbocycles. The molecule has 1 unspecified atom stereocenters. The molecule has 1 aliphatic heterocycles. The highest BCUT2D eigenvalue weighted by molar-refractivity contribution is 7.98. The van der Waals surface area contributed by atoms with Crippen LogP contribution >= 0.6 is 11.8 Å². The van der Waals surface area contributed by atoms with Crippen LogP contribution in [-0.4, -0.2) is 62.1 Å². The lowest BCUT2D eigenvalue weighted by Crippen LogP contribution is -2.45. The third-order valence-electron chi connectivity index (χ3n) is 4.40. The third-order valence-corrected chi connectivity index (χ3v) is 6.89. The molecule has 154 valence electrons. The van der Waals surface area contributed by atoms with Gasteiger partial charge in [0.1, 0.15) is 0 Å². The van der Waals surface area contributed by atoms with Crippen LogP contribution in [0.3, 0.4) is 0 Å². The summed E-state index contributed by atoms with van der Waals surface area (Å²) < 4.78 is 28.6. The van der Waals surface area contributed by atoms with Crippen molar-refractivity contribution in [3.63, 3.8) is 0 Å². The van der Waals surface area contributed by atoms with E-state index >= 15 is 0 Å². The van der Waals surface area contributed by atoms with Crippen LogP contribution in [0.5, 0.6) is 0 Å². The summed E-state index contributed by atoms with van der Waals surface area (Å²) in [4.78, 5) is 27.2. The van der Waals surface area contributed by atoms with Crippen LogP contribution in [0.25, 0.3) is 6.08 Å². The number of rotatable bonds is 8. The second-order valence-corrected chi connectivity index (χ2v) is 10.3. The van der Waals surface area contributed by atoms with Crippen LogP contribution in [0.1, 0.15) is 25.8 Å². The van der Waals surface area contributed by atoms with Gasteiger partial charge in [0.05, 0.1) is 11.5 Å². The lowest BCUT2D eigenvalue weighted by atomic mass is 10.1. The van der Waals surface area contributed by atoms with Gasteiger partial charge in [-0.15, -0.1) is 11.8 Å². The predicted octanol–water partition coefficient (Wildman–Crippen LogP) is 2.64. The number of benzene rings is 1. The molecule has 0 N–H and O–H groups in total. The molecule has 8 heteroatoms. The van der Waals surface area contributed by atoms with Gasteiger partial charge in [-0.25, -0.2) is 13.2 Å². The molecule has 6 nitrogen and oxygen atoms in total. The molecule has 28 heavy (non-hydrogen) atoms. The van der Waals surface area contributed by atoms with Gasteiger partial charge in [-0.05, 0) is 42.4 Å². The maximum Gasteiger partial charge on any atom is 0.331 e. The lowest BCUT2D eigenvalue weighted by Gasteiger charge is -2.29. The molecule has 0 radical (unpaired) electrons. The minimum absolute atomic E-state index is 0.0225. The molecule has 1 saturated heterocycles. The van der Waals surface area contributed by atoms with Crippen LogP contribution in [0.15, 0.2) is 35.2 Å². The first kappa shape index (κ1) is 22.5. The highest BCUT2D eigenvalue weighted by atomic mass is 32.2. The van der Waals surface area contributed by atoms with Gasteiger partial charge in [0.25, 0.3) is 5.91 Å². The maximum atomic E-state index is 12.6. The highest BCUT2D eigenvalue weighted by Crippen LogP contribution is 2.19. The van der Waals surface area contributed by atoms with E-state index in [-0.39, 0.29) is 29.4 Å². The monoisotopic (exact) mass is 425 g/mol. The number of carbonyl (C=O) groups is 2. The van der Waals surface area contributed by atoms with E-state index in [1.54, 1.807) is 22.7 Å². The molecule has 1 atom stereocenters. The number of esters is 1. The predicted molar refractivity (Wildman–Crippen MR) is 112 cm³/mol. The molecule has 1 fully saturated rings. The van der Waals surface area contributed by atoms with Gasteiger partial charge in [-0.3, -0.25) is 4.79 Å². The van der Waals surface area contributed by atoms with Crippen LogP contribution in [-0.2, 0) is 24.2 Å². The molecule has 1 aliphatic rings. The van der Waals surface area contributed by atoms with Gasteiger partial charge < -0.3 is 9.64 Å². The molecule has 1 amide bonds. The fourth-order valence-corrected chi connectivity index (χ4v) is 5.15. The van der Waals surface area contributed by atoms with E-state index in [1.165, 1.54) is 6.08 Å². The molecule has 0 aliphatic carbocycles. The van der Waals surface area contributed by atoms with Crippen molar-refractivity contribution in [1.29, 1.82) is 0 Å². The Bertz CT molecular complexity index is 816. The Morgan fingerprint density at radius 2 is 1.96 bits per heavy atom. The van der Waals surface area contributed by atoms with Gasteiger partial charge in [0.2, 0.25) is 0 Å². The topological polar surface area (TPSA) is 80.8 Å². The number of carbonyl (C=O) groups excluding carboxylic acids is 2. The lowest BCUT2D eigenvalue weighted by molar-refractivity contribution is -0.149. The second kappa shape index (κ2) is 10.1. The zero-order valence-corrected chi connectivity index (χ0v) is 18.1. The highest BCUT2D eigenvalue weighted by Gasteiger charge is 2.35. The zero-order chi connectivity index (χ0) is 20.7. The van der Waals surface area contributed by atoms with Gasteiger partial charge in [-0.1, -0.05) is 26.0 Å². The molecule has 0 spiro atoms. The second-order valence-electron chi connectivity index (χ2n) is 7.21. The van der Waals surface area contributed by atoms with Crippen molar-refractivity contribution in [2.24, 2.45) is 5.92 Å². The van der Waals surface area contributed by atoms with Crippen molar-refractivity contribution in [2.75, 3.05) is 30.9 Å². The molecule has 1 aromatic rings. The van der Waals surface area contributed by atoms with E-state index in [2.05, 4.69) is 0 Å². The molecule has 0 aromatic heterocycles. The average Bonchev–Trinajstić information content (AvgIpc) is 3.02. The minimum atomic E-state index is -3.10. The van der Waals surface area contributed by atoms with Crippen molar-refractivity contribution in [3.8, 4) is 0 Å². The van der Waals surface area contributed by atoms with Crippen molar-refractivity contribution >= 4 is 39.6 Å². The standard InChI is InChI=1S/C20H27NO5S2/c1-15(2)12-21(17-10-11-28(24,25)14-17)19(22)13-26-20(23)9-6-16-4-7-18(27-3)8-5-16/h4-9,15,17H,10-14H2,1-3H3. The van der Waals surface area contributed by atoms with E-state index in [1.807, 2.05) is 44.4 Å². The largest absolute Gasteiger partial charge is 0.452 e. The minimum Gasteiger partial charge on any atom is -0.452 e. The zero-order valence-electron chi connectivity index (χ0n) is 16.5. The molecular formula is C20H27NO5S2. The molecular weight excluding hydrogens is 398 g/mol. The Hall–Kier alpha value is -1.80. The van der Waals surface area contributed by atoms with Gasteiger partial charge >= 0.3 is 5.97 Å². The molecule has 0 bridgehead atoms. The number of ether oxygens (including phenoxy) is 1. The molecule has 2 rings (SSSR count). The Kier molecular flexibility index (Phi) is 8.12. The normalized spacial score (nSPS) is 18.5. The summed E-state index contributed by atoms with van der Waals surface area (Å²) in [5.74, 6) is -0.706. The van der Waals surface area contributed by atoms with E-state index in [4.69, 9.17) is 4.74 Å². The van der Waals surface area contributed by atoms with Crippen molar-refractivity contribution in [2.45, 2.75) is 31.2 Å². The Labute approximate surface area is 171 Å². The van der Waals surface area contributed by atoms with Crippen molar-refractivity contribution in [3.05, 3.63) is 35.9 Å². The summed E-state index contributed by atoms with van der Waals surface area (Å²) in [5, 5.41) is 0. The van der Waals surface area contributed by atoms with E-state index in [9.17, 15) is 18.0 Å². The SMILES string of the molecule is CSc1ccc(C=CC(=O)OCC(=O)N(CC(C)C)C2CCS(=O)(=O)C2)cc1. The fraction of sp³-hybridized carbons (Fsp3) is 0.500. The van der Waals surface area contributed by atoms with Gasteiger partial charge in [0, 0.05) is 23.6 Å². The smallest absolute Gasteiger partial charge is 0.331 e. The van der Waals surface area contributed by atoms with Crippen LogP contribution in [0.2, 0.25) is 0 Å². The van der Waals surface area contributed by atoms with Gasteiger partial charge in [0.15, 0.2) is 16.4 Å². The Morgan fingerprint density at radius 1 is 1.29 bits per heavy atom. The van der Waals surface area contributed by atoms with E-state index < -0.39 is 22.4 Å². The van der Waals surface area contributed by atoms with Crippen molar-refractivity contribution < 1.29 is 22.7 Å². The maximum absolute atomic E-state index is 12.6. The first-order valence-corrected chi connectivity index (χ1v) is 12.2. The number of hydrogen-bond acceptors (Lipinski definition) is 6. The van der Waals surface area contributed by atoms with Gasteiger partial charge in [-0.2, -0.15) is 0 Å². The van der Waals surface area contributed by atoms with Crippen molar-refractivity contribution in [1.82, 2.24) is 4.90 Å². The average molecular weight is 426 g/mol. The van der Waals surface area contributed by atoms with Crippen LogP contribution in [0.4, 0.5) is 0 Å². The van der Waals surface area contributed by atoms with E-state index in [0.717, 1.165) is 10.5 Å². The number of nitrogens with zero attached hydrogens (tertiary/aromatic N) is 1. The summed E-state index contributed by atoms with van der Waals surface area (Å²) in [6, 6.07) is 7.36.